The Labute approximate surface area is 118 Å². The molecule has 1 saturated heterocycles. The summed E-state index contributed by atoms with van der Waals surface area (Å²) in [4.78, 5) is 12.9. The number of hydrogen-bond donors (Lipinski definition) is 1. The molecule has 5 nitrogen and oxygen atoms in total. The molecule has 0 spiro atoms. The molecule has 1 aliphatic carbocycles. The van der Waals surface area contributed by atoms with E-state index in [0.29, 0.717) is 6.04 Å². The van der Waals surface area contributed by atoms with Gasteiger partial charge in [-0.25, -0.2) is 0 Å². The first-order valence-electron chi connectivity index (χ1n) is 7.42. The first-order chi connectivity index (χ1) is 9.66. The highest BCUT2D eigenvalue weighted by Gasteiger charge is 2.38. The zero-order valence-corrected chi connectivity index (χ0v) is 11.6. The van der Waals surface area contributed by atoms with Gasteiger partial charge in [0.05, 0.1) is 11.0 Å². The van der Waals surface area contributed by atoms with E-state index in [1.165, 1.54) is 25.7 Å². The smallest absolute Gasteiger partial charge is 0.269 e. The summed E-state index contributed by atoms with van der Waals surface area (Å²) in [6.45, 7) is 1.10. The van der Waals surface area contributed by atoms with Crippen LogP contribution in [0.1, 0.15) is 43.7 Å². The summed E-state index contributed by atoms with van der Waals surface area (Å²) in [6, 6.07) is 7.95. The second kappa shape index (κ2) is 5.50. The highest BCUT2D eigenvalue weighted by Crippen LogP contribution is 2.38. The molecular formula is C15H21N3O2. The Balaban J connectivity index is 1.88. The zero-order valence-electron chi connectivity index (χ0n) is 11.6. The SMILES string of the molecule is NC1CCCCN(C2CC2)C1c1ccc([N+](=O)[O-])cc1. The number of nitrogens with two attached hydrogens (primary N) is 1. The molecule has 1 aromatic carbocycles. The van der Waals surface area contributed by atoms with Crippen LogP contribution >= 0.6 is 0 Å². The van der Waals surface area contributed by atoms with E-state index < -0.39 is 0 Å². The summed E-state index contributed by atoms with van der Waals surface area (Å²) in [5, 5.41) is 10.8. The van der Waals surface area contributed by atoms with Crippen molar-refractivity contribution in [2.24, 2.45) is 5.73 Å². The van der Waals surface area contributed by atoms with Gasteiger partial charge in [0.15, 0.2) is 0 Å². The van der Waals surface area contributed by atoms with Gasteiger partial charge in [0.2, 0.25) is 0 Å². The van der Waals surface area contributed by atoms with E-state index in [1.54, 1.807) is 12.1 Å². The van der Waals surface area contributed by atoms with E-state index in [4.69, 9.17) is 5.73 Å². The minimum Gasteiger partial charge on any atom is -0.326 e. The first-order valence-corrected chi connectivity index (χ1v) is 7.42. The molecule has 2 unspecified atom stereocenters. The molecule has 2 fully saturated rings. The third kappa shape index (κ3) is 2.69. The molecule has 3 rings (SSSR count). The number of nitro benzene ring substituents is 1. The number of likely N-dealkylation sites (tertiary alicyclic amines) is 1. The van der Waals surface area contributed by atoms with E-state index in [2.05, 4.69) is 4.90 Å². The number of non-ortho nitro benzene ring substituents is 1. The van der Waals surface area contributed by atoms with Crippen LogP contribution in [0.3, 0.4) is 0 Å². The molecule has 1 aliphatic heterocycles. The van der Waals surface area contributed by atoms with Gasteiger partial charge in [-0.05, 0) is 37.8 Å². The summed E-state index contributed by atoms with van der Waals surface area (Å²) < 4.78 is 0. The Hall–Kier alpha value is -1.46. The molecule has 108 valence electrons. The van der Waals surface area contributed by atoms with Gasteiger partial charge in [0.25, 0.3) is 5.69 Å². The maximum absolute atomic E-state index is 10.8. The molecule has 0 aromatic heterocycles. The molecular weight excluding hydrogens is 254 g/mol. The zero-order chi connectivity index (χ0) is 14.1. The molecule has 5 heteroatoms. The maximum Gasteiger partial charge on any atom is 0.269 e. The average molecular weight is 275 g/mol. The molecule has 20 heavy (non-hydrogen) atoms. The highest BCUT2D eigenvalue weighted by atomic mass is 16.6. The summed E-state index contributed by atoms with van der Waals surface area (Å²) in [5.41, 5.74) is 7.66. The fourth-order valence-corrected chi connectivity index (χ4v) is 3.27. The molecule has 1 saturated carbocycles. The standard InChI is InChI=1S/C15H21N3O2/c16-14-3-1-2-10-17(12-8-9-12)15(14)11-4-6-13(7-5-11)18(19)20/h4-7,12,14-15H,1-3,8-10,16H2. The van der Waals surface area contributed by atoms with Crippen molar-refractivity contribution in [1.29, 1.82) is 0 Å². The summed E-state index contributed by atoms with van der Waals surface area (Å²) in [6.07, 6.45) is 5.93. The second-order valence-electron chi connectivity index (χ2n) is 5.92. The Bertz CT molecular complexity index is 484. The lowest BCUT2D eigenvalue weighted by Crippen LogP contribution is -2.41. The van der Waals surface area contributed by atoms with Crippen LogP contribution in [-0.2, 0) is 0 Å². The highest BCUT2D eigenvalue weighted by molar-refractivity contribution is 5.35. The van der Waals surface area contributed by atoms with Gasteiger partial charge >= 0.3 is 0 Å². The van der Waals surface area contributed by atoms with E-state index in [9.17, 15) is 10.1 Å². The van der Waals surface area contributed by atoms with E-state index >= 15 is 0 Å². The van der Waals surface area contributed by atoms with Crippen LogP contribution in [0.5, 0.6) is 0 Å². The van der Waals surface area contributed by atoms with Crippen LogP contribution in [0.25, 0.3) is 0 Å². The molecule has 1 aromatic rings. The van der Waals surface area contributed by atoms with Crippen molar-refractivity contribution in [3.8, 4) is 0 Å². The lowest BCUT2D eigenvalue weighted by atomic mass is 9.96. The third-order valence-electron chi connectivity index (χ3n) is 4.43. The van der Waals surface area contributed by atoms with Crippen molar-refractivity contribution in [3.63, 3.8) is 0 Å². The summed E-state index contributed by atoms with van der Waals surface area (Å²) >= 11 is 0. The van der Waals surface area contributed by atoms with Crippen LogP contribution in [-0.4, -0.2) is 28.5 Å². The minimum absolute atomic E-state index is 0.125. The minimum atomic E-state index is -0.352. The van der Waals surface area contributed by atoms with E-state index in [-0.39, 0.29) is 22.7 Å². The predicted octanol–water partition coefficient (Wildman–Crippen LogP) is 2.61. The van der Waals surface area contributed by atoms with Crippen molar-refractivity contribution >= 4 is 5.69 Å². The lowest BCUT2D eigenvalue weighted by molar-refractivity contribution is -0.384. The monoisotopic (exact) mass is 275 g/mol. The fourth-order valence-electron chi connectivity index (χ4n) is 3.27. The number of nitro groups is 1. The molecule has 0 radical (unpaired) electrons. The molecule has 0 amide bonds. The topological polar surface area (TPSA) is 72.4 Å². The van der Waals surface area contributed by atoms with Gasteiger partial charge in [-0.1, -0.05) is 18.6 Å². The van der Waals surface area contributed by atoms with Crippen molar-refractivity contribution in [1.82, 2.24) is 4.90 Å². The Kier molecular flexibility index (Phi) is 3.72. The molecule has 2 N–H and O–H groups in total. The first kappa shape index (κ1) is 13.5. The van der Waals surface area contributed by atoms with E-state index in [1.807, 2.05) is 12.1 Å². The van der Waals surface area contributed by atoms with Crippen molar-refractivity contribution in [2.75, 3.05) is 6.54 Å². The second-order valence-corrected chi connectivity index (χ2v) is 5.92. The predicted molar refractivity (Wildman–Crippen MR) is 77.4 cm³/mol. The fraction of sp³-hybridized carbons (Fsp3) is 0.600. The van der Waals surface area contributed by atoms with Crippen molar-refractivity contribution in [3.05, 3.63) is 39.9 Å². The van der Waals surface area contributed by atoms with Crippen molar-refractivity contribution < 1.29 is 4.92 Å². The van der Waals surface area contributed by atoms with E-state index in [0.717, 1.165) is 18.5 Å². The average Bonchev–Trinajstić information content (AvgIpc) is 3.26. The normalized spacial score (nSPS) is 28.1. The van der Waals surface area contributed by atoms with Crippen LogP contribution in [0.15, 0.2) is 24.3 Å². The number of rotatable bonds is 3. The van der Waals surface area contributed by atoms with Gasteiger partial charge in [-0.3, -0.25) is 15.0 Å². The van der Waals surface area contributed by atoms with Gasteiger partial charge in [-0.2, -0.15) is 0 Å². The van der Waals surface area contributed by atoms with Gasteiger partial charge in [0, 0.05) is 24.2 Å². The lowest BCUT2D eigenvalue weighted by Gasteiger charge is -2.34. The van der Waals surface area contributed by atoms with Crippen LogP contribution < -0.4 is 5.73 Å². The summed E-state index contributed by atoms with van der Waals surface area (Å²) in [7, 11) is 0. The van der Waals surface area contributed by atoms with Crippen molar-refractivity contribution in [2.45, 2.75) is 50.2 Å². The molecule has 2 atom stereocenters. The van der Waals surface area contributed by atoms with Gasteiger partial charge in [-0.15, -0.1) is 0 Å². The molecule has 1 heterocycles. The maximum atomic E-state index is 10.8. The summed E-state index contributed by atoms with van der Waals surface area (Å²) in [5.74, 6) is 0. The number of benzene rings is 1. The number of hydrogen-bond acceptors (Lipinski definition) is 4. The quantitative estimate of drug-likeness (QED) is 0.680. The van der Waals surface area contributed by atoms with Crippen LogP contribution in [0.2, 0.25) is 0 Å². The number of nitrogens with zero attached hydrogens (tertiary/aromatic N) is 2. The van der Waals surface area contributed by atoms with Gasteiger partial charge < -0.3 is 5.73 Å². The Morgan fingerprint density at radius 2 is 1.85 bits per heavy atom. The third-order valence-corrected chi connectivity index (χ3v) is 4.43. The molecule has 0 bridgehead atoms. The van der Waals surface area contributed by atoms with Crippen LogP contribution in [0.4, 0.5) is 5.69 Å². The largest absolute Gasteiger partial charge is 0.326 e. The van der Waals surface area contributed by atoms with Gasteiger partial charge in [0.1, 0.15) is 0 Å². The van der Waals surface area contributed by atoms with Crippen LogP contribution in [0, 0.1) is 10.1 Å². The molecule has 2 aliphatic rings. The Morgan fingerprint density at radius 1 is 1.15 bits per heavy atom. The Morgan fingerprint density at radius 3 is 2.45 bits per heavy atom.